The topological polar surface area (TPSA) is 75.7 Å². The molecule has 0 fully saturated rings. The average molecular weight is 258 g/mol. The Balaban J connectivity index is 2.47. The molecule has 0 unspecified atom stereocenters. The second kappa shape index (κ2) is 3.88. The van der Waals surface area contributed by atoms with Gasteiger partial charge in [0.2, 0.25) is 0 Å². The first-order valence-electron chi connectivity index (χ1n) is 4.41. The minimum Gasteiger partial charge on any atom is -0.248 e. The van der Waals surface area contributed by atoms with Gasteiger partial charge in [-0.25, -0.2) is 13.5 Å². The molecule has 0 saturated heterocycles. The Morgan fingerprint density at radius 3 is 2.69 bits per heavy atom. The summed E-state index contributed by atoms with van der Waals surface area (Å²) in [6.45, 7) is 1.93. The van der Waals surface area contributed by atoms with Crippen LogP contribution in [0.3, 0.4) is 0 Å². The summed E-state index contributed by atoms with van der Waals surface area (Å²) in [7, 11) is 1.27. The average Bonchev–Trinajstić information content (AvgIpc) is 2.65. The Kier molecular flexibility index (Phi) is 2.69. The van der Waals surface area contributed by atoms with Crippen molar-refractivity contribution >= 4 is 19.7 Å². The lowest BCUT2D eigenvalue weighted by atomic mass is 10.1. The van der Waals surface area contributed by atoms with Crippen LogP contribution in [0.5, 0.6) is 0 Å². The Labute approximate surface area is 96.9 Å². The first-order chi connectivity index (χ1) is 7.47. The molecule has 16 heavy (non-hydrogen) atoms. The molecule has 1 N–H and O–H groups in total. The summed E-state index contributed by atoms with van der Waals surface area (Å²) < 4.78 is 22.0. The lowest BCUT2D eigenvalue weighted by Gasteiger charge is -1.95. The van der Waals surface area contributed by atoms with Crippen molar-refractivity contribution < 1.29 is 8.42 Å². The van der Waals surface area contributed by atoms with Gasteiger partial charge in [-0.15, -0.1) is 0 Å². The second-order valence-corrected chi connectivity index (χ2v) is 5.75. The van der Waals surface area contributed by atoms with E-state index < -0.39 is 9.05 Å². The number of hydrogen-bond acceptors (Lipinski definition) is 4. The summed E-state index contributed by atoms with van der Waals surface area (Å²) in [6, 6.07) is 7.42. The number of aryl methyl sites for hydroxylation is 1. The van der Waals surface area contributed by atoms with E-state index in [2.05, 4.69) is 15.2 Å². The minimum absolute atomic E-state index is 0.308. The summed E-state index contributed by atoms with van der Waals surface area (Å²) in [5.74, 6) is 0.308. The molecule has 84 valence electrons. The largest absolute Gasteiger partial charge is 0.296 e. The molecular formula is C9H8ClN3O2S. The van der Waals surface area contributed by atoms with E-state index in [1.165, 1.54) is 0 Å². The van der Waals surface area contributed by atoms with Crippen molar-refractivity contribution in [3.8, 4) is 11.4 Å². The van der Waals surface area contributed by atoms with Gasteiger partial charge >= 0.3 is 0 Å². The molecule has 0 spiro atoms. The van der Waals surface area contributed by atoms with Crippen LogP contribution >= 0.6 is 10.7 Å². The molecule has 7 heteroatoms. The Hall–Kier alpha value is -1.40. The van der Waals surface area contributed by atoms with Crippen LogP contribution in [-0.2, 0) is 9.05 Å². The van der Waals surface area contributed by atoms with Gasteiger partial charge in [0.25, 0.3) is 14.2 Å². The fraction of sp³-hybridized carbons (Fsp3) is 0.111. The van der Waals surface area contributed by atoms with Crippen molar-refractivity contribution in [2.24, 2.45) is 0 Å². The summed E-state index contributed by atoms with van der Waals surface area (Å²) in [4.78, 5) is 3.81. The lowest BCUT2D eigenvalue weighted by Crippen LogP contribution is -1.92. The van der Waals surface area contributed by atoms with Crippen LogP contribution in [0.15, 0.2) is 29.4 Å². The summed E-state index contributed by atoms with van der Waals surface area (Å²) in [5.41, 5.74) is 1.78. The third-order valence-corrected chi connectivity index (χ3v) is 3.06. The van der Waals surface area contributed by atoms with Gasteiger partial charge in [-0.1, -0.05) is 23.8 Å². The van der Waals surface area contributed by atoms with E-state index in [-0.39, 0.29) is 5.16 Å². The second-order valence-electron chi connectivity index (χ2n) is 3.27. The zero-order valence-corrected chi connectivity index (χ0v) is 9.88. The Morgan fingerprint density at radius 1 is 1.38 bits per heavy atom. The van der Waals surface area contributed by atoms with Gasteiger partial charge in [0, 0.05) is 16.2 Å². The zero-order valence-electron chi connectivity index (χ0n) is 8.31. The molecular weight excluding hydrogens is 250 g/mol. The van der Waals surface area contributed by atoms with Crippen LogP contribution in [0.25, 0.3) is 11.4 Å². The van der Waals surface area contributed by atoms with Crippen LogP contribution in [0.2, 0.25) is 0 Å². The van der Waals surface area contributed by atoms with Gasteiger partial charge in [-0.05, 0) is 13.0 Å². The van der Waals surface area contributed by atoms with E-state index in [9.17, 15) is 8.42 Å². The van der Waals surface area contributed by atoms with Crippen molar-refractivity contribution in [1.29, 1.82) is 0 Å². The van der Waals surface area contributed by atoms with E-state index in [4.69, 9.17) is 10.7 Å². The third-order valence-electron chi connectivity index (χ3n) is 1.97. The van der Waals surface area contributed by atoms with Crippen LogP contribution < -0.4 is 0 Å². The SMILES string of the molecule is Cc1cccc(-c2n[nH]c(S(=O)(=O)Cl)n2)c1. The normalized spacial score (nSPS) is 11.6. The van der Waals surface area contributed by atoms with Crippen LogP contribution in [-0.4, -0.2) is 23.6 Å². The van der Waals surface area contributed by atoms with Gasteiger partial charge in [-0.2, -0.15) is 10.1 Å². The predicted molar refractivity (Wildman–Crippen MR) is 59.6 cm³/mol. The Morgan fingerprint density at radius 2 is 2.12 bits per heavy atom. The monoisotopic (exact) mass is 257 g/mol. The van der Waals surface area contributed by atoms with E-state index in [0.717, 1.165) is 11.1 Å². The van der Waals surface area contributed by atoms with Crippen molar-refractivity contribution in [3.05, 3.63) is 29.8 Å². The van der Waals surface area contributed by atoms with E-state index >= 15 is 0 Å². The number of nitrogens with one attached hydrogen (secondary N) is 1. The van der Waals surface area contributed by atoms with Gasteiger partial charge in [0.15, 0.2) is 5.82 Å². The van der Waals surface area contributed by atoms with E-state index in [1.807, 2.05) is 25.1 Å². The van der Waals surface area contributed by atoms with Gasteiger partial charge in [0.1, 0.15) is 0 Å². The van der Waals surface area contributed by atoms with Gasteiger partial charge in [0.05, 0.1) is 0 Å². The first kappa shape index (κ1) is 11.1. The maximum absolute atomic E-state index is 11.0. The maximum Gasteiger partial charge on any atom is 0.296 e. The molecule has 0 aliphatic rings. The molecule has 2 aromatic rings. The molecule has 0 bridgehead atoms. The van der Waals surface area contributed by atoms with E-state index in [1.54, 1.807) is 6.07 Å². The highest BCUT2D eigenvalue weighted by atomic mass is 35.7. The maximum atomic E-state index is 11.0. The smallest absolute Gasteiger partial charge is 0.248 e. The molecule has 1 aromatic heterocycles. The zero-order chi connectivity index (χ0) is 11.8. The number of H-pyrrole nitrogens is 1. The number of benzene rings is 1. The predicted octanol–water partition coefficient (Wildman–Crippen LogP) is 1.71. The molecule has 0 aliphatic carbocycles. The van der Waals surface area contributed by atoms with Crippen molar-refractivity contribution in [3.63, 3.8) is 0 Å². The highest BCUT2D eigenvalue weighted by molar-refractivity contribution is 8.13. The first-order valence-corrected chi connectivity index (χ1v) is 6.72. The molecule has 0 aliphatic heterocycles. The fourth-order valence-electron chi connectivity index (χ4n) is 1.27. The number of rotatable bonds is 2. The molecule has 0 amide bonds. The van der Waals surface area contributed by atoms with Crippen molar-refractivity contribution in [2.75, 3.05) is 0 Å². The number of aromatic nitrogens is 3. The summed E-state index contributed by atoms with van der Waals surface area (Å²) >= 11 is 0. The molecule has 2 rings (SSSR count). The number of nitrogens with zero attached hydrogens (tertiary/aromatic N) is 2. The van der Waals surface area contributed by atoms with Gasteiger partial charge < -0.3 is 0 Å². The number of hydrogen-bond donors (Lipinski definition) is 1. The highest BCUT2D eigenvalue weighted by Crippen LogP contribution is 2.18. The highest BCUT2D eigenvalue weighted by Gasteiger charge is 2.16. The molecule has 0 saturated carbocycles. The minimum atomic E-state index is -3.86. The van der Waals surface area contributed by atoms with Crippen molar-refractivity contribution in [1.82, 2.24) is 15.2 Å². The molecule has 0 atom stereocenters. The summed E-state index contributed by atoms with van der Waals surface area (Å²) in [6.07, 6.45) is 0. The van der Waals surface area contributed by atoms with Crippen molar-refractivity contribution in [2.45, 2.75) is 12.1 Å². The number of halogens is 1. The summed E-state index contributed by atoms with van der Waals surface area (Å²) in [5, 5.41) is 5.73. The standard InChI is InChI=1S/C9H8ClN3O2S/c1-6-3-2-4-7(5-6)8-11-9(13-12-8)16(10,14)15/h2-5H,1H3,(H,11,12,13). The fourth-order valence-corrected chi connectivity index (χ4v) is 1.83. The quantitative estimate of drug-likeness (QED) is 0.831. The van der Waals surface area contributed by atoms with Crippen LogP contribution in [0.4, 0.5) is 0 Å². The molecule has 5 nitrogen and oxygen atoms in total. The molecule has 0 radical (unpaired) electrons. The molecule has 1 heterocycles. The van der Waals surface area contributed by atoms with E-state index in [0.29, 0.717) is 5.82 Å². The lowest BCUT2D eigenvalue weighted by molar-refractivity contribution is 0.602. The van der Waals surface area contributed by atoms with Crippen LogP contribution in [0.1, 0.15) is 5.56 Å². The Bertz CT molecular complexity index is 621. The van der Waals surface area contributed by atoms with Crippen LogP contribution in [0, 0.1) is 6.92 Å². The third kappa shape index (κ3) is 2.23. The number of aromatic amines is 1. The molecule has 1 aromatic carbocycles. The van der Waals surface area contributed by atoms with Gasteiger partial charge in [-0.3, -0.25) is 0 Å².